The molecule has 80 valence electrons. The van der Waals surface area contributed by atoms with Crippen LogP contribution in [0.15, 0.2) is 24.0 Å². The molecule has 0 fully saturated rings. The molecule has 1 aliphatic rings. The molecule has 0 N–H and O–H groups in total. The third-order valence-electron chi connectivity index (χ3n) is 2.12. The molecular weight excluding hydrogens is 200 g/mol. The highest BCUT2D eigenvalue weighted by atomic mass is 16.4. The van der Waals surface area contributed by atoms with Gasteiger partial charge in [-0.15, -0.1) is 0 Å². The first-order valence-electron chi connectivity index (χ1n) is 4.24. The van der Waals surface area contributed by atoms with Crippen molar-refractivity contribution >= 4 is 11.9 Å². The number of aliphatic carboxylic acids is 1. The van der Waals surface area contributed by atoms with Crippen molar-refractivity contribution in [2.75, 3.05) is 7.05 Å². The lowest BCUT2D eigenvalue weighted by Crippen LogP contribution is -2.47. The number of carboxylic acid groups (broad SMARTS) is 1. The minimum Gasteiger partial charge on any atom is -0.543 e. The highest BCUT2D eigenvalue weighted by Crippen LogP contribution is 2.15. The van der Waals surface area contributed by atoms with Gasteiger partial charge in [0.25, 0.3) is 6.04 Å². The molecule has 1 aliphatic heterocycles. The maximum Gasteiger partial charge on any atom is 0.286 e. The Balaban J connectivity index is 3.08. The summed E-state index contributed by atoms with van der Waals surface area (Å²) in [6.07, 6.45) is 3.84. The van der Waals surface area contributed by atoms with Crippen LogP contribution in [0.4, 0.5) is 0 Å². The monoisotopic (exact) mass is 210 g/mol. The fourth-order valence-corrected chi connectivity index (χ4v) is 1.24. The molecule has 0 saturated heterocycles. The molecule has 0 aromatic carbocycles. The zero-order valence-electron chi connectivity index (χ0n) is 8.34. The molecule has 0 radical (unpaired) electrons. The van der Waals surface area contributed by atoms with Crippen LogP contribution < -0.4 is 5.11 Å². The lowest BCUT2D eigenvalue weighted by atomic mass is 10.1. The van der Waals surface area contributed by atoms with E-state index in [2.05, 4.69) is 0 Å². The van der Waals surface area contributed by atoms with Crippen LogP contribution in [0.3, 0.4) is 0 Å². The number of hydrogen-bond acceptors (Lipinski definition) is 4. The number of amides is 1. The predicted molar refractivity (Wildman–Crippen MR) is 48.1 cm³/mol. The number of likely N-dealkylation sites (N-methyl/N-ethyl adjacent to an activating group) is 1. The molecular formula is C9H10N2O4. The Morgan fingerprint density at radius 3 is 2.60 bits per heavy atom. The van der Waals surface area contributed by atoms with Crippen molar-refractivity contribution < 1.29 is 19.5 Å². The van der Waals surface area contributed by atoms with Crippen molar-refractivity contribution in [1.82, 2.24) is 4.90 Å². The van der Waals surface area contributed by atoms with Gasteiger partial charge in [-0.05, 0) is 6.08 Å². The third kappa shape index (κ3) is 2.09. The Morgan fingerprint density at radius 1 is 1.53 bits per heavy atom. The quantitative estimate of drug-likeness (QED) is 0.534. The third-order valence-corrected chi connectivity index (χ3v) is 2.12. The Kier molecular flexibility index (Phi) is 2.99. The fourth-order valence-electron chi connectivity index (χ4n) is 1.24. The van der Waals surface area contributed by atoms with Gasteiger partial charge < -0.3 is 14.8 Å². The number of allylic oxidation sites excluding steroid dienone is 2. The van der Waals surface area contributed by atoms with Gasteiger partial charge in [-0.25, -0.2) is 0 Å². The van der Waals surface area contributed by atoms with E-state index in [0.717, 1.165) is 11.1 Å². The number of carbonyl (C=O) groups is 2. The number of hydrogen-bond donors (Lipinski definition) is 0. The van der Waals surface area contributed by atoms with Crippen molar-refractivity contribution in [3.8, 4) is 0 Å². The van der Waals surface area contributed by atoms with Crippen LogP contribution in [0.5, 0.6) is 0 Å². The van der Waals surface area contributed by atoms with E-state index in [9.17, 15) is 19.6 Å². The zero-order valence-corrected chi connectivity index (χ0v) is 8.34. The maximum atomic E-state index is 11.2. The molecule has 6 heteroatoms. The van der Waals surface area contributed by atoms with Gasteiger partial charge in [-0.2, -0.15) is 0 Å². The van der Waals surface area contributed by atoms with Gasteiger partial charge in [0, 0.05) is 29.7 Å². The molecule has 6 nitrogen and oxygen atoms in total. The highest BCUT2D eigenvalue weighted by molar-refractivity contribution is 5.80. The molecule has 1 atom stereocenters. The van der Waals surface area contributed by atoms with Crippen LogP contribution in [0.25, 0.3) is 0 Å². The first kappa shape index (κ1) is 11.1. The van der Waals surface area contributed by atoms with Gasteiger partial charge in [-0.1, -0.05) is 0 Å². The van der Waals surface area contributed by atoms with E-state index in [1.807, 2.05) is 0 Å². The number of rotatable bonds is 2. The standard InChI is InChI=1S/C9H10N2O4/c1-6(12)10(2)7-4-3-5-11(15)8(7)9(13)14/h3-5,8H,1-2H3. The minimum absolute atomic E-state index is 0.0972. The van der Waals surface area contributed by atoms with Gasteiger partial charge >= 0.3 is 0 Å². The molecule has 1 rings (SSSR count). The summed E-state index contributed by atoms with van der Waals surface area (Å²) in [6, 6.07) is -1.47. The van der Waals surface area contributed by atoms with E-state index >= 15 is 0 Å². The van der Waals surface area contributed by atoms with E-state index in [-0.39, 0.29) is 16.4 Å². The fraction of sp³-hybridized carbons (Fsp3) is 0.333. The number of nitrogens with zero attached hydrogens (tertiary/aromatic N) is 2. The maximum absolute atomic E-state index is 11.2. The summed E-state index contributed by atoms with van der Waals surface area (Å²) in [5, 5.41) is 10.7. The number of carboxylic acids is 1. The first-order valence-corrected chi connectivity index (χ1v) is 4.24. The smallest absolute Gasteiger partial charge is 0.286 e. The Morgan fingerprint density at radius 2 is 2.13 bits per heavy atom. The molecule has 0 aromatic rings. The molecule has 0 bridgehead atoms. The van der Waals surface area contributed by atoms with Crippen LogP contribution >= 0.6 is 0 Å². The second-order valence-electron chi connectivity index (χ2n) is 3.09. The van der Waals surface area contributed by atoms with Crippen molar-refractivity contribution in [3.05, 3.63) is 29.0 Å². The van der Waals surface area contributed by atoms with E-state index in [0.29, 0.717) is 0 Å². The van der Waals surface area contributed by atoms with Crippen molar-refractivity contribution in [2.45, 2.75) is 13.0 Å². The van der Waals surface area contributed by atoms with E-state index < -0.39 is 12.0 Å². The highest BCUT2D eigenvalue weighted by Gasteiger charge is 2.35. The van der Waals surface area contributed by atoms with Crippen LogP contribution in [0.2, 0.25) is 0 Å². The van der Waals surface area contributed by atoms with Gasteiger partial charge in [0.1, 0.15) is 5.97 Å². The molecule has 15 heavy (non-hydrogen) atoms. The second-order valence-corrected chi connectivity index (χ2v) is 3.09. The Labute approximate surface area is 86.1 Å². The predicted octanol–water partition coefficient (Wildman–Crippen LogP) is -1.23. The zero-order chi connectivity index (χ0) is 11.6. The molecule has 1 amide bonds. The molecule has 0 spiro atoms. The normalized spacial score (nSPS) is 19.7. The van der Waals surface area contributed by atoms with Gasteiger partial charge in [0.15, 0.2) is 0 Å². The minimum atomic E-state index is -1.53. The lowest BCUT2D eigenvalue weighted by Gasteiger charge is -2.22. The van der Waals surface area contributed by atoms with Gasteiger partial charge in [-0.3, -0.25) is 4.79 Å². The second kappa shape index (κ2) is 4.04. The Hall–Kier alpha value is -1.98. The summed E-state index contributed by atoms with van der Waals surface area (Å²) in [5.74, 6) is -1.88. The SMILES string of the molecule is CC(=O)N(C)C1=CC=C[N+](=O)C1C(=O)[O-]. The van der Waals surface area contributed by atoms with Crippen LogP contribution in [-0.2, 0) is 9.59 Å². The summed E-state index contributed by atoms with van der Waals surface area (Å²) in [5.41, 5.74) is 0.0972. The Bertz CT molecular complexity index is 384. The summed E-state index contributed by atoms with van der Waals surface area (Å²) < 4.78 is 0.240. The van der Waals surface area contributed by atoms with Gasteiger partial charge in [0.2, 0.25) is 12.1 Å². The van der Waals surface area contributed by atoms with Gasteiger partial charge in [0.05, 0.1) is 5.70 Å². The first-order chi connectivity index (χ1) is 6.95. The van der Waals surface area contributed by atoms with Crippen LogP contribution in [0.1, 0.15) is 6.92 Å². The molecule has 0 aromatic heterocycles. The summed E-state index contributed by atoms with van der Waals surface area (Å²) in [4.78, 5) is 34.1. The van der Waals surface area contributed by atoms with E-state index in [1.54, 1.807) is 0 Å². The van der Waals surface area contributed by atoms with E-state index in [4.69, 9.17) is 0 Å². The van der Waals surface area contributed by atoms with Crippen LogP contribution in [0, 0.1) is 4.91 Å². The van der Waals surface area contributed by atoms with Crippen molar-refractivity contribution in [3.63, 3.8) is 0 Å². The average Bonchev–Trinajstić information content (AvgIpc) is 2.15. The number of nitroso groups, excluding NO2 is 1. The lowest BCUT2D eigenvalue weighted by molar-refractivity contribution is -0.516. The van der Waals surface area contributed by atoms with Crippen molar-refractivity contribution in [2.24, 2.45) is 0 Å². The molecule has 1 unspecified atom stereocenters. The summed E-state index contributed by atoms with van der Waals surface area (Å²) in [7, 11) is 1.40. The molecule has 1 heterocycles. The number of carbonyl (C=O) groups excluding carboxylic acids is 2. The van der Waals surface area contributed by atoms with E-state index in [1.165, 1.54) is 26.1 Å². The summed E-state index contributed by atoms with van der Waals surface area (Å²) >= 11 is 0. The topological polar surface area (TPSA) is 80.5 Å². The average molecular weight is 210 g/mol. The summed E-state index contributed by atoms with van der Waals surface area (Å²) in [6.45, 7) is 1.28. The van der Waals surface area contributed by atoms with Crippen LogP contribution in [-0.4, -0.2) is 34.6 Å². The largest absolute Gasteiger partial charge is 0.543 e. The molecule has 0 aliphatic carbocycles. The molecule has 0 saturated carbocycles. The van der Waals surface area contributed by atoms with Crippen molar-refractivity contribution in [1.29, 1.82) is 0 Å².